The van der Waals surface area contributed by atoms with Gasteiger partial charge in [-0.15, -0.1) is 0 Å². The SMILES string of the molecule is CCN(CC(N)=O)c1nc(Cl)ncc1Cl. The Morgan fingerprint density at radius 3 is 2.80 bits per heavy atom. The summed E-state index contributed by atoms with van der Waals surface area (Å²) in [6.07, 6.45) is 1.38. The minimum absolute atomic E-state index is 0.0452. The van der Waals surface area contributed by atoms with Gasteiger partial charge in [-0.25, -0.2) is 4.98 Å². The fraction of sp³-hybridized carbons (Fsp3) is 0.375. The normalized spacial score (nSPS) is 10.1. The highest BCUT2D eigenvalue weighted by Gasteiger charge is 2.13. The molecule has 0 atom stereocenters. The molecule has 1 amide bonds. The zero-order valence-corrected chi connectivity index (χ0v) is 9.59. The Bertz CT molecular complexity index is 372. The number of nitrogens with zero attached hydrogens (tertiary/aromatic N) is 3. The van der Waals surface area contributed by atoms with E-state index in [1.165, 1.54) is 6.20 Å². The van der Waals surface area contributed by atoms with E-state index in [-0.39, 0.29) is 11.8 Å². The van der Waals surface area contributed by atoms with Crippen molar-refractivity contribution in [2.75, 3.05) is 18.0 Å². The van der Waals surface area contributed by atoms with Crippen LogP contribution in [-0.2, 0) is 4.79 Å². The molecule has 0 aliphatic carbocycles. The van der Waals surface area contributed by atoms with Crippen LogP contribution in [0.1, 0.15) is 6.92 Å². The third-order valence-corrected chi connectivity index (χ3v) is 2.17. The lowest BCUT2D eigenvalue weighted by Gasteiger charge is -2.20. The first-order chi connectivity index (χ1) is 7.04. The van der Waals surface area contributed by atoms with Gasteiger partial charge < -0.3 is 10.6 Å². The minimum Gasteiger partial charge on any atom is -0.368 e. The van der Waals surface area contributed by atoms with Gasteiger partial charge in [0.15, 0.2) is 5.82 Å². The van der Waals surface area contributed by atoms with Crippen LogP contribution < -0.4 is 10.6 Å². The zero-order valence-electron chi connectivity index (χ0n) is 8.07. The molecule has 0 unspecified atom stereocenters. The average Bonchev–Trinajstić information content (AvgIpc) is 2.18. The maximum atomic E-state index is 10.8. The highest BCUT2D eigenvalue weighted by atomic mass is 35.5. The summed E-state index contributed by atoms with van der Waals surface area (Å²) in [6, 6.07) is 0. The summed E-state index contributed by atoms with van der Waals surface area (Å²) in [7, 11) is 0. The molecule has 0 bridgehead atoms. The summed E-state index contributed by atoms with van der Waals surface area (Å²) in [4.78, 5) is 20.1. The Morgan fingerprint density at radius 1 is 1.60 bits per heavy atom. The standard InChI is InChI=1S/C8H10Cl2N4O/c1-2-14(4-6(11)15)7-5(9)3-12-8(10)13-7/h3H,2,4H2,1H3,(H2,11,15). The molecule has 0 radical (unpaired) electrons. The minimum atomic E-state index is -0.456. The molecule has 1 rings (SSSR count). The lowest BCUT2D eigenvalue weighted by molar-refractivity contribution is -0.116. The van der Waals surface area contributed by atoms with Gasteiger partial charge in [0.2, 0.25) is 11.2 Å². The van der Waals surface area contributed by atoms with Crippen molar-refractivity contribution < 1.29 is 4.79 Å². The zero-order chi connectivity index (χ0) is 11.4. The molecule has 0 aliphatic heterocycles. The van der Waals surface area contributed by atoms with E-state index < -0.39 is 5.91 Å². The first kappa shape index (κ1) is 12.0. The maximum Gasteiger partial charge on any atom is 0.236 e. The first-order valence-corrected chi connectivity index (χ1v) is 5.01. The number of nitrogens with two attached hydrogens (primary N) is 1. The fourth-order valence-electron chi connectivity index (χ4n) is 1.08. The smallest absolute Gasteiger partial charge is 0.236 e. The van der Waals surface area contributed by atoms with E-state index in [1.807, 2.05) is 6.92 Å². The second kappa shape index (κ2) is 5.14. The van der Waals surface area contributed by atoms with Crippen molar-refractivity contribution >= 4 is 34.9 Å². The summed E-state index contributed by atoms with van der Waals surface area (Å²) >= 11 is 11.5. The number of primary amides is 1. The number of carbonyl (C=O) groups is 1. The van der Waals surface area contributed by atoms with Gasteiger partial charge in [0.05, 0.1) is 12.7 Å². The molecule has 0 fully saturated rings. The quantitative estimate of drug-likeness (QED) is 0.811. The van der Waals surface area contributed by atoms with E-state index in [9.17, 15) is 4.79 Å². The van der Waals surface area contributed by atoms with Gasteiger partial charge in [-0.1, -0.05) is 11.6 Å². The van der Waals surface area contributed by atoms with E-state index in [0.717, 1.165) is 0 Å². The number of halogens is 2. The van der Waals surface area contributed by atoms with Crippen molar-refractivity contribution in [1.82, 2.24) is 9.97 Å². The number of hydrogen-bond acceptors (Lipinski definition) is 4. The molecule has 1 aromatic heterocycles. The monoisotopic (exact) mass is 248 g/mol. The van der Waals surface area contributed by atoms with Gasteiger partial charge >= 0.3 is 0 Å². The highest BCUT2D eigenvalue weighted by molar-refractivity contribution is 6.33. The largest absolute Gasteiger partial charge is 0.368 e. The molecule has 7 heteroatoms. The average molecular weight is 249 g/mol. The van der Waals surface area contributed by atoms with Crippen molar-refractivity contribution in [2.24, 2.45) is 5.73 Å². The predicted molar refractivity (Wildman–Crippen MR) is 59.1 cm³/mol. The number of rotatable bonds is 4. The number of anilines is 1. The van der Waals surface area contributed by atoms with Gasteiger partial charge in [-0.3, -0.25) is 4.79 Å². The Labute approximate surface area is 97.2 Å². The molecule has 0 saturated carbocycles. The Kier molecular flexibility index (Phi) is 4.11. The van der Waals surface area contributed by atoms with Crippen molar-refractivity contribution in [3.8, 4) is 0 Å². The molecule has 1 aromatic rings. The van der Waals surface area contributed by atoms with Crippen LogP contribution >= 0.6 is 23.2 Å². The van der Waals surface area contributed by atoms with Crippen LogP contribution in [0.4, 0.5) is 5.82 Å². The number of hydrogen-bond donors (Lipinski definition) is 1. The van der Waals surface area contributed by atoms with Crippen molar-refractivity contribution in [3.05, 3.63) is 16.5 Å². The third kappa shape index (κ3) is 3.21. The molecule has 2 N–H and O–H groups in total. The molecule has 0 saturated heterocycles. The van der Waals surface area contributed by atoms with Crippen molar-refractivity contribution in [3.63, 3.8) is 0 Å². The third-order valence-electron chi connectivity index (χ3n) is 1.72. The van der Waals surface area contributed by atoms with Crippen LogP contribution in [0.2, 0.25) is 10.3 Å². The number of carbonyl (C=O) groups excluding carboxylic acids is 1. The molecule has 0 spiro atoms. The van der Waals surface area contributed by atoms with Gasteiger partial charge in [0, 0.05) is 6.54 Å². The van der Waals surface area contributed by atoms with E-state index >= 15 is 0 Å². The van der Waals surface area contributed by atoms with Gasteiger partial charge in [0.1, 0.15) is 5.02 Å². The van der Waals surface area contributed by atoms with E-state index in [2.05, 4.69) is 9.97 Å². The van der Waals surface area contributed by atoms with Gasteiger partial charge in [-0.2, -0.15) is 4.98 Å². The Hall–Kier alpha value is -1.07. The second-order valence-corrected chi connectivity index (χ2v) is 3.54. The van der Waals surface area contributed by atoms with E-state index in [1.54, 1.807) is 4.90 Å². The topological polar surface area (TPSA) is 72.1 Å². The Balaban J connectivity index is 3.00. The lowest BCUT2D eigenvalue weighted by Crippen LogP contribution is -2.34. The van der Waals surface area contributed by atoms with Crippen molar-refractivity contribution in [1.29, 1.82) is 0 Å². The summed E-state index contributed by atoms with van der Waals surface area (Å²) in [5.74, 6) is -0.0411. The van der Waals surface area contributed by atoms with Crippen LogP contribution in [0, 0.1) is 0 Å². The number of amides is 1. The van der Waals surface area contributed by atoms with Crippen LogP contribution in [0.25, 0.3) is 0 Å². The summed E-state index contributed by atoms with van der Waals surface area (Å²) in [6.45, 7) is 2.45. The first-order valence-electron chi connectivity index (χ1n) is 4.26. The molecule has 82 valence electrons. The van der Waals surface area contributed by atoms with Crippen molar-refractivity contribution in [2.45, 2.75) is 6.92 Å². The summed E-state index contributed by atoms with van der Waals surface area (Å²) in [5, 5.41) is 0.417. The molecule has 5 nitrogen and oxygen atoms in total. The fourth-order valence-corrected chi connectivity index (χ4v) is 1.42. The molecular formula is C8H10Cl2N4O. The molecular weight excluding hydrogens is 239 g/mol. The second-order valence-electron chi connectivity index (χ2n) is 2.79. The van der Waals surface area contributed by atoms with Crippen LogP contribution in [0.15, 0.2) is 6.20 Å². The Morgan fingerprint density at radius 2 is 2.27 bits per heavy atom. The molecule has 1 heterocycles. The van der Waals surface area contributed by atoms with Gasteiger partial charge in [-0.05, 0) is 18.5 Å². The predicted octanol–water partition coefficient (Wildman–Crippen LogP) is 1.09. The van der Waals surface area contributed by atoms with E-state index in [4.69, 9.17) is 28.9 Å². The molecule has 15 heavy (non-hydrogen) atoms. The highest BCUT2D eigenvalue weighted by Crippen LogP contribution is 2.23. The lowest BCUT2D eigenvalue weighted by atomic mass is 10.4. The van der Waals surface area contributed by atoms with Crippen LogP contribution in [0.3, 0.4) is 0 Å². The van der Waals surface area contributed by atoms with Crippen LogP contribution in [0.5, 0.6) is 0 Å². The number of aromatic nitrogens is 2. The van der Waals surface area contributed by atoms with Gasteiger partial charge in [0.25, 0.3) is 0 Å². The summed E-state index contributed by atoms with van der Waals surface area (Å²) < 4.78 is 0. The van der Waals surface area contributed by atoms with E-state index in [0.29, 0.717) is 17.4 Å². The number of likely N-dealkylation sites (N-methyl/N-ethyl adjacent to an activating group) is 1. The molecule has 0 aromatic carbocycles. The molecule has 0 aliphatic rings. The summed E-state index contributed by atoms with van der Waals surface area (Å²) in [5.41, 5.74) is 5.09. The van der Waals surface area contributed by atoms with Crippen LogP contribution in [-0.4, -0.2) is 29.0 Å². The maximum absolute atomic E-state index is 10.8.